The van der Waals surface area contributed by atoms with Crippen LogP contribution in [0.15, 0.2) is 41.7 Å². The van der Waals surface area contributed by atoms with Crippen molar-refractivity contribution >= 4 is 16.8 Å². The van der Waals surface area contributed by atoms with E-state index in [0.717, 1.165) is 0 Å². The van der Waals surface area contributed by atoms with Crippen molar-refractivity contribution in [1.29, 1.82) is 0 Å². The zero-order chi connectivity index (χ0) is 18.7. The molecule has 0 saturated heterocycles. The normalized spacial score (nSPS) is 17.4. The van der Waals surface area contributed by atoms with E-state index in [9.17, 15) is 13.6 Å². The van der Waals surface area contributed by atoms with E-state index >= 15 is 0 Å². The fourth-order valence-corrected chi connectivity index (χ4v) is 2.72. The summed E-state index contributed by atoms with van der Waals surface area (Å²) in [6, 6.07) is 1.59. The fraction of sp³-hybridized carbons (Fsp3) is 0.333. The van der Waals surface area contributed by atoms with Gasteiger partial charge in [0.15, 0.2) is 17.4 Å². The summed E-state index contributed by atoms with van der Waals surface area (Å²) in [7, 11) is 2.95. The van der Waals surface area contributed by atoms with Gasteiger partial charge in [0.2, 0.25) is 0 Å². The SMILES string of the molecule is COCCOC1=CCC(F)C(C(=O)c2c[nH]c3ncc(OC)cc23)=C1F. The molecule has 0 aliphatic heterocycles. The molecule has 0 radical (unpaired) electrons. The number of H-pyrrole nitrogens is 1. The molecule has 0 fully saturated rings. The molecule has 0 saturated carbocycles. The third kappa shape index (κ3) is 3.32. The number of Topliss-reactive ketones (excluding diaryl/α,β-unsaturated/α-hetero) is 1. The van der Waals surface area contributed by atoms with Gasteiger partial charge in [-0.05, 0) is 12.1 Å². The van der Waals surface area contributed by atoms with Crippen molar-refractivity contribution in [2.24, 2.45) is 0 Å². The summed E-state index contributed by atoms with van der Waals surface area (Å²) in [5.41, 5.74) is -0.00513. The molecule has 0 spiro atoms. The highest BCUT2D eigenvalue weighted by atomic mass is 19.1. The zero-order valence-electron chi connectivity index (χ0n) is 14.3. The Kier molecular flexibility index (Phi) is 5.32. The molecule has 138 valence electrons. The first-order valence-corrected chi connectivity index (χ1v) is 7.98. The van der Waals surface area contributed by atoms with E-state index in [-0.39, 0.29) is 31.0 Å². The Morgan fingerprint density at radius 3 is 2.92 bits per heavy atom. The Morgan fingerprint density at radius 1 is 1.38 bits per heavy atom. The van der Waals surface area contributed by atoms with Crippen LogP contribution in [0.2, 0.25) is 0 Å². The maximum Gasteiger partial charge on any atom is 0.197 e. The second-order valence-electron chi connectivity index (χ2n) is 5.64. The number of rotatable bonds is 7. The van der Waals surface area contributed by atoms with E-state index in [0.29, 0.717) is 16.8 Å². The molecule has 2 aromatic rings. The highest BCUT2D eigenvalue weighted by molar-refractivity contribution is 6.16. The predicted molar refractivity (Wildman–Crippen MR) is 90.5 cm³/mol. The van der Waals surface area contributed by atoms with E-state index in [1.54, 1.807) is 6.07 Å². The van der Waals surface area contributed by atoms with E-state index in [1.807, 2.05) is 0 Å². The number of alkyl halides is 1. The van der Waals surface area contributed by atoms with Gasteiger partial charge in [-0.15, -0.1) is 0 Å². The van der Waals surface area contributed by atoms with Crippen LogP contribution in [0.1, 0.15) is 16.8 Å². The van der Waals surface area contributed by atoms with Crippen LogP contribution in [0.5, 0.6) is 5.75 Å². The molecule has 0 amide bonds. The van der Waals surface area contributed by atoms with Gasteiger partial charge in [0.25, 0.3) is 0 Å². The monoisotopic (exact) mass is 364 g/mol. The summed E-state index contributed by atoms with van der Waals surface area (Å²) < 4.78 is 44.3. The number of allylic oxidation sites excluding steroid dienone is 3. The van der Waals surface area contributed by atoms with Crippen molar-refractivity contribution in [3.63, 3.8) is 0 Å². The molecular weight excluding hydrogens is 346 g/mol. The predicted octanol–water partition coefficient (Wildman–Crippen LogP) is 3.27. The lowest BCUT2D eigenvalue weighted by Gasteiger charge is -2.19. The number of ketones is 1. The largest absolute Gasteiger partial charge is 0.495 e. The maximum absolute atomic E-state index is 14.7. The number of ether oxygens (including phenoxy) is 3. The van der Waals surface area contributed by atoms with Crippen molar-refractivity contribution in [3.05, 3.63) is 47.3 Å². The number of aromatic nitrogens is 2. The van der Waals surface area contributed by atoms with Gasteiger partial charge in [0.1, 0.15) is 24.2 Å². The topological polar surface area (TPSA) is 73.4 Å². The lowest BCUT2D eigenvalue weighted by molar-refractivity contribution is 0.0978. The van der Waals surface area contributed by atoms with Crippen molar-refractivity contribution in [2.75, 3.05) is 27.4 Å². The summed E-state index contributed by atoms with van der Waals surface area (Å²) in [6.45, 7) is 0.350. The Morgan fingerprint density at radius 2 is 2.19 bits per heavy atom. The minimum absolute atomic E-state index is 0.0996. The van der Waals surface area contributed by atoms with Crippen molar-refractivity contribution in [3.8, 4) is 5.75 Å². The van der Waals surface area contributed by atoms with Gasteiger partial charge in [0.05, 0.1) is 25.5 Å². The standard InChI is InChI=1S/C18H18F2N2O4/c1-24-5-6-26-14-4-3-13(19)15(16(14)20)17(23)12-9-22-18-11(12)7-10(25-2)8-21-18/h4,7-9,13H,3,5-6H2,1-2H3,(H,21,22). The van der Waals surface area contributed by atoms with Crippen LogP contribution in [-0.4, -0.2) is 49.4 Å². The van der Waals surface area contributed by atoms with Crippen LogP contribution in [-0.2, 0) is 9.47 Å². The summed E-state index contributed by atoms with van der Waals surface area (Å²) in [4.78, 5) is 19.8. The number of carbonyl (C=O) groups excluding carboxylic acids is 1. The van der Waals surface area contributed by atoms with Crippen LogP contribution in [0.25, 0.3) is 11.0 Å². The van der Waals surface area contributed by atoms with Crippen LogP contribution >= 0.6 is 0 Å². The maximum atomic E-state index is 14.7. The first kappa shape index (κ1) is 18.1. The molecule has 26 heavy (non-hydrogen) atoms. The van der Waals surface area contributed by atoms with Gasteiger partial charge >= 0.3 is 0 Å². The average Bonchev–Trinajstić information content (AvgIpc) is 3.06. The van der Waals surface area contributed by atoms with E-state index in [4.69, 9.17) is 14.2 Å². The van der Waals surface area contributed by atoms with Gasteiger partial charge in [-0.25, -0.2) is 13.8 Å². The van der Waals surface area contributed by atoms with Gasteiger partial charge in [0, 0.05) is 30.7 Å². The summed E-state index contributed by atoms with van der Waals surface area (Å²) in [5.74, 6) is -1.45. The number of aromatic amines is 1. The van der Waals surface area contributed by atoms with E-state index < -0.39 is 23.4 Å². The third-order valence-electron chi connectivity index (χ3n) is 4.05. The molecule has 0 aromatic carbocycles. The molecule has 6 nitrogen and oxygen atoms in total. The van der Waals surface area contributed by atoms with Crippen LogP contribution in [0.4, 0.5) is 8.78 Å². The number of methoxy groups -OCH3 is 2. The van der Waals surface area contributed by atoms with E-state index in [1.165, 1.54) is 32.7 Å². The number of nitrogens with one attached hydrogen (secondary N) is 1. The summed E-state index contributed by atoms with van der Waals surface area (Å²) in [5, 5.41) is 0.429. The molecule has 2 aromatic heterocycles. The van der Waals surface area contributed by atoms with E-state index in [2.05, 4.69) is 9.97 Å². The van der Waals surface area contributed by atoms with Gasteiger partial charge < -0.3 is 19.2 Å². The number of nitrogens with zero attached hydrogens (tertiary/aromatic N) is 1. The minimum Gasteiger partial charge on any atom is -0.495 e. The van der Waals surface area contributed by atoms with Crippen molar-refractivity contribution in [2.45, 2.75) is 12.6 Å². The molecule has 2 heterocycles. The number of hydrogen-bond acceptors (Lipinski definition) is 5. The Balaban J connectivity index is 1.97. The number of pyridine rings is 1. The lowest BCUT2D eigenvalue weighted by atomic mass is 9.93. The number of carbonyl (C=O) groups is 1. The van der Waals surface area contributed by atoms with Crippen LogP contribution in [0, 0.1) is 0 Å². The molecule has 3 rings (SSSR count). The first-order chi connectivity index (χ1) is 12.6. The lowest BCUT2D eigenvalue weighted by Crippen LogP contribution is -2.20. The molecule has 1 unspecified atom stereocenters. The van der Waals surface area contributed by atoms with Crippen LogP contribution < -0.4 is 4.74 Å². The molecule has 1 N–H and O–H groups in total. The smallest absolute Gasteiger partial charge is 0.197 e. The molecule has 1 aliphatic carbocycles. The number of hydrogen-bond donors (Lipinski definition) is 1. The first-order valence-electron chi connectivity index (χ1n) is 7.98. The van der Waals surface area contributed by atoms with Crippen molar-refractivity contribution < 1.29 is 27.8 Å². The van der Waals surface area contributed by atoms with Crippen LogP contribution in [0.3, 0.4) is 0 Å². The number of fused-ring (bicyclic) bond motifs is 1. The molecule has 0 bridgehead atoms. The third-order valence-corrected chi connectivity index (χ3v) is 4.05. The molecular formula is C18H18F2N2O4. The number of halogens is 2. The second-order valence-corrected chi connectivity index (χ2v) is 5.64. The summed E-state index contributed by atoms with van der Waals surface area (Å²) >= 11 is 0. The Labute approximate surface area is 148 Å². The summed E-state index contributed by atoms with van der Waals surface area (Å²) in [6.07, 6.45) is 2.28. The van der Waals surface area contributed by atoms with Crippen molar-refractivity contribution in [1.82, 2.24) is 9.97 Å². The highest BCUT2D eigenvalue weighted by Crippen LogP contribution is 2.33. The molecule has 8 heteroatoms. The van der Waals surface area contributed by atoms with Gasteiger partial charge in [-0.1, -0.05) is 0 Å². The highest BCUT2D eigenvalue weighted by Gasteiger charge is 2.33. The Hall–Kier alpha value is -2.74. The minimum atomic E-state index is -1.75. The van der Waals surface area contributed by atoms with Gasteiger partial charge in [-0.3, -0.25) is 4.79 Å². The average molecular weight is 364 g/mol. The second kappa shape index (κ2) is 7.65. The molecule has 1 atom stereocenters. The van der Waals surface area contributed by atoms with Gasteiger partial charge in [-0.2, -0.15) is 0 Å². The molecule has 1 aliphatic rings. The zero-order valence-corrected chi connectivity index (χ0v) is 14.3. The fourth-order valence-electron chi connectivity index (χ4n) is 2.72. The Bertz CT molecular complexity index is 888. The quantitative estimate of drug-likeness (QED) is 0.603.